The number of ether oxygens (including phenoxy) is 2. The fraction of sp³-hybridized carbons (Fsp3) is 0.200. The van der Waals surface area contributed by atoms with E-state index in [1.165, 1.54) is 7.11 Å². The highest BCUT2D eigenvalue weighted by Crippen LogP contribution is 2.35. The van der Waals surface area contributed by atoms with Crippen molar-refractivity contribution >= 4 is 6.08 Å². The summed E-state index contributed by atoms with van der Waals surface area (Å²) in [4.78, 5) is 0. The Kier molecular flexibility index (Phi) is 1.85. The van der Waals surface area contributed by atoms with E-state index >= 15 is 0 Å². The molecule has 0 atom stereocenters. The van der Waals surface area contributed by atoms with Gasteiger partial charge in [0.1, 0.15) is 12.4 Å². The second-order valence-electron chi connectivity index (χ2n) is 2.78. The van der Waals surface area contributed by atoms with Gasteiger partial charge in [-0.2, -0.15) is 0 Å². The molecule has 1 aliphatic rings. The molecule has 0 spiro atoms. The molecule has 1 aromatic carbocycles. The minimum Gasteiger partial charge on any atom is -0.504 e. The largest absolute Gasteiger partial charge is 0.504 e. The number of fused-ring (bicyclic) bond motifs is 1. The molecule has 2 rings (SSSR count). The highest BCUT2D eigenvalue weighted by atomic mass is 16.5. The fourth-order valence-electron chi connectivity index (χ4n) is 1.30. The van der Waals surface area contributed by atoms with Gasteiger partial charge in [-0.3, -0.25) is 0 Å². The summed E-state index contributed by atoms with van der Waals surface area (Å²) in [5.41, 5.74) is 0.931. The Morgan fingerprint density at radius 1 is 1.46 bits per heavy atom. The summed E-state index contributed by atoms with van der Waals surface area (Å²) in [5, 5.41) is 9.44. The van der Waals surface area contributed by atoms with Crippen molar-refractivity contribution in [1.29, 1.82) is 0 Å². The van der Waals surface area contributed by atoms with Gasteiger partial charge >= 0.3 is 0 Å². The number of hydrogen-bond acceptors (Lipinski definition) is 3. The quantitative estimate of drug-likeness (QED) is 0.712. The first-order chi connectivity index (χ1) is 6.31. The van der Waals surface area contributed by atoms with Crippen LogP contribution in [0, 0.1) is 0 Å². The van der Waals surface area contributed by atoms with Crippen molar-refractivity contribution in [3.8, 4) is 17.2 Å². The van der Waals surface area contributed by atoms with E-state index in [4.69, 9.17) is 9.47 Å². The molecular weight excluding hydrogens is 168 g/mol. The SMILES string of the molecule is COc1cc2c(cc1O)OCC=C2. The van der Waals surface area contributed by atoms with Gasteiger partial charge in [0.25, 0.3) is 0 Å². The smallest absolute Gasteiger partial charge is 0.161 e. The lowest BCUT2D eigenvalue weighted by Gasteiger charge is -2.14. The molecule has 3 heteroatoms. The highest BCUT2D eigenvalue weighted by molar-refractivity contribution is 5.64. The van der Waals surface area contributed by atoms with Crippen LogP contribution in [0.4, 0.5) is 0 Å². The van der Waals surface area contributed by atoms with Gasteiger partial charge in [0, 0.05) is 11.6 Å². The number of methoxy groups -OCH3 is 1. The average Bonchev–Trinajstić information content (AvgIpc) is 2.17. The predicted octanol–water partition coefficient (Wildman–Crippen LogP) is 1.81. The summed E-state index contributed by atoms with van der Waals surface area (Å²) in [5.74, 6) is 1.27. The van der Waals surface area contributed by atoms with Crippen molar-refractivity contribution in [1.82, 2.24) is 0 Å². The van der Waals surface area contributed by atoms with Gasteiger partial charge in [-0.25, -0.2) is 0 Å². The lowest BCUT2D eigenvalue weighted by atomic mass is 10.1. The van der Waals surface area contributed by atoms with E-state index in [0.29, 0.717) is 18.1 Å². The molecule has 0 unspecified atom stereocenters. The molecule has 0 amide bonds. The van der Waals surface area contributed by atoms with Crippen molar-refractivity contribution < 1.29 is 14.6 Å². The lowest BCUT2D eigenvalue weighted by molar-refractivity contribution is 0.345. The zero-order chi connectivity index (χ0) is 9.26. The zero-order valence-corrected chi connectivity index (χ0v) is 7.28. The van der Waals surface area contributed by atoms with Crippen LogP contribution in [0.15, 0.2) is 18.2 Å². The van der Waals surface area contributed by atoms with Crippen LogP contribution in [0.25, 0.3) is 6.08 Å². The Bertz CT molecular complexity index is 355. The molecule has 0 aromatic heterocycles. The van der Waals surface area contributed by atoms with Crippen molar-refractivity contribution in [3.63, 3.8) is 0 Å². The van der Waals surface area contributed by atoms with Crippen LogP contribution < -0.4 is 9.47 Å². The van der Waals surface area contributed by atoms with Gasteiger partial charge in [-0.05, 0) is 12.1 Å². The summed E-state index contributed by atoms with van der Waals surface area (Å²) in [6, 6.07) is 3.32. The van der Waals surface area contributed by atoms with Gasteiger partial charge in [0.2, 0.25) is 0 Å². The Hall–Kier alpha value is -1.64. The summed E-state index contributed by atoms with van der Waals surface area (Å²) < 4.78 is 10.3. The van der Waals surface area contributed by atoms with Crippen LogP contribution in [-0.4, -0.2) is 18.8 Å². The molecule has 0 saturated carbocycles. The second-order valence-corrected chi connectivity index (χ2v) is 2.78. The third kappa shape index (κ3) is 1.33. The summed E-state index contributed by atoms with van der Waals surface area (Å²) >= 11 is 0. The van der Waals surface area contributed by atoms with E-state index in [1.807, 2.05) is 12.2 Å². The first-order valence-corrected chi connectivity index (χ1v) is 4.01. The molecule has 1 aliphatic heterocycles. The van der Waals surface area contributed by atoms with Crippen LogP contribution in [0.3, 0.4) is 0 Å². The standard InChI is InChI=1S/C10H10O3/c1-12-10-5-7-3-2-4-13-9(7)6-8(10)11/h2-3,5-6,11H,4H2,1H3. The van der Waals surface area contributed by atoms with Crippen LogP contribution in [0.1, 0.15) is 5.56 Å². The third-order valence-corrected chi connectivity index (χ3v) is 1.94. The predicted molar refractivity (Wildman–Crippen MR) is 49.2 cm³/mol. The van der Waals surface area contributed by atoms with E-state index in [0.717, 1.165) is 5.56 Å². The number of phenols is 1. The monoisotopic (exact) mass is 178 g/mol. The molecule has 0 bridgehead atoms. The van der Waals surface area contributed by atoms with Crippen LogP contribution in [0.5, 0.6) is 17.2 Å². The van der Waals surface area contributed by atoms with E-state index in [2.05, 4.69) is 0 Å². The first kappa shape index (κ1) is 7.98. The number of aromatic hydroxyl groups is 1. The van der Waals surface area contributed by atoms with Crippen LogP contribution in [-0.2, 0) is 0 Å². The Balaban J connectivity index is 2.52. The number of benzene rings is 1. The number of rotatable bonds is 1. The summed E-state index contributed by atoms with van der Waals surface area (Å²) in [6.07, 6.45) is 3.86. The van der Waals surface area contributed by atoms with Crippen molar-refractivity contribution in [3.05, 3.63) is 23.8 Å². The highest BCUT2D eigenvalue weighted by Gasteiger charge is 2.10. The second kappa shape index (κ2) is 3.01. The first-order valence-electron chi connectivity index (χ1n) is 4.01. The molecule has 3 nitrogen and oxygen atoms in total. The van der Waals surface area contributed by atoms with Gasteiger partial charge in [-0.1, -0.05) is 6.08 Å². The molecule has 1 heterocycles. The Labute approximate surface area is 76.2 Å². The summed E-state index contributed by atoms with van der Waals surface area (Å²) in [7, 11) is 1.52. The molecule has 1 aromatic rings. The van der Waals surface area contributed by atoms with Crippen molar-refractivity contribution in [2.75, 3.05) is 13.7 Å². The lowest BCUT2D eigenvalue weighted by Crippen LogP contribution is -2.00. The molecule has 68 valence electrons. The van der Waals surface area contributed by atoms with Gasteiger partial charge in [0.15, 0.2) is 11.5 Å². The van der Waals surface area contributed by atoms with Crippen molar-refractivity contribution in [2.24, 2.45) is 0 Å². The van der Waals surface area contributed by atoms with E-state index in [9.17, 15) is 5.11 Å². The maximum atomic E-state index is 9.44. The van der Waals surface area contributed by atoms with Gasteiger partial charge < -0.3 is 14.6 Å². The van der Waals surface area contributed by atoms with Crippen LogP contribution in [0.2, 0.25) is 0 Å². The fourth-order valence-corrected chi connectivity index (χ4v) is 1.30. The minimum atomic E-state index is 0.108. The Morgan fingerprint density at radius 2 is 2.31 bits per heavy atom. The average molecular weight is 178 g/mol. The molecule has 0 aliphatic carbocycles. The van der Waals surface area contributed by atoms with E-state index in [1.54, 1.807) is 12.1 Å². The molecule has 0 saturated heterocycles. The maximum absolute atomic E-state index is 9.44. The molecule has 13 heavy (non-hydrogen) atoms. The van der Waals surface area contributed by atoms with E-state index in [-0.39, 0.29) is 5.75 Å². The minimum absolute atomic E-state index is 0.108. The molecule has 0 radical (unpaired) electrons. The van der Waals surface area contributed by atoms with Gasteiger partial charge in [0.05, 0.1) is 7.11 Å². The third-order valence-electron chi connectivity index (χ3n) is 1.94. The zero-order valence-electron chi connectivity index (χ0n) is 7.28. The van der Waals surface area contributed by atoms with Gasteiger partial charge in [-0.15, -0.1) is 0 Å². The maximum Gasteiger partial charge on any atom is 0.161 e. The topological polar surface area (TPSA) is 38.7 Å². The normalized spacial score (nSPS) is 13.3. The number of phenolic OH excluding ortho intramolecular Hbond substituents is 1. The number of hydrogen-bond donors (Lipinski definition) is 1. The van der Waals surface area contributed by atoms with E-state index < -0.39 is 0 Å². The molecular formula is C10H10O3. The van der Waals surface area contributed by atoms with Crippen LogP contribution >= 0.6 is 0 Å². The summed E-state index contributed by atoms with van der Waals surface area (Å²) in [6.45, 7) is 0.554. The molecule has 0 fully saturated rings. The molecule has 1 N–H and O–H groups in total. The Morgan fingerprint density at radius 3 is 3.08 bits per heavy atom. The van der Waals surface area contributed by atoms with Crippen molar-refractivity contribution in [2.45, 2.75) is 0 Å².